The summed E-state index contributed by atoms with van der Waals surface area (Å²) in [6.45, 7) is 0. The van der Waals surface area contributed by atoms with E-state index in [1.54, 1.807) is 0 Å². The van der Waals surface area contributed by atoms with Crippen molar-refractivity contribution >= 4 is 51.4 Å². The predicted molar refractivity (Wildman–Crippen MR) is 68.2 cm³/mol. The van der Waals surface area contributed by atoms with E-state index in [0.717, 1.165) is 0 Å². The minimum absolute atomic E-state index is 0. The molecular weight excluding hydrogens is 396 g/mol. The molecule has 17 heteroatoms. The number of hydrogen-bond donors (Lipinski definition) is 0. The molecule has 0 aliphatic carbocycles. The zero-order chi connectivity index (χ0) is 18.0. The van der Waals surface area contributed by atoms with Gasteiger partial charge in [-0.05, 0) is 0 Å². The molecule has 0 fully saturated rings. The van der Waals surface area contributed by atoms with Gasteiger partial charge in [-0.15, -0.1) is 0 Å². The van der Waals surface area contributed by atoms with Crippen LogP contribution in [0, 0.1) is 0 Å². The smallest absolute Gasteiger partial charge is 0.748 e. The average Bonchev–Trinajstić information content (AvgIpc) is 1.62. The maximum absolute atomic E-state index is 9.08. The van der Waals surface area contributed by atoms with Crippen LogP contribution in [0.3, 0.4) is 0 Å². The zero-order valence-corrected chi connectivity index (χ0v) is 15.3. The molecule has 0 aliphatic heterocycles. The minimum Gasteiger partial charge on any atom is -0.748 e. The second kappa shape index (κ2) is 12.4. The molecule has 0 rings (SSSR count). The topological polar surface area (TPSA) is 229 Å². The molecule has 12 nitrogen and oxygen atoms in total. The summed E-state index contributed by atoms with van der Waals surface area (Å²) in [5.74, 6) is 0. The van der Waals surface area contributed by atoms with Crippen LogP contribution in [0.2, 0.25) is 0 Å². The standard InChI is InChI=1S/4CH4O3S.Si/c4*1-5(2,3)4;/h4*1H3,(H,2,3,4);/q;;;;+4/p-4. The van der Waals surface area contributed by atoms with Gasteiger partial charge >= 0.3 is 11.0 Å². The normalized spacial score (nSPS) is 11.0. The molecule has 0 aliphatic rings. The summed E-state index contributed by atoms with van der Waals surface area (Å²) in [6.07, 6.45) is 2.42. The van der Waals surface area contributed by atoms with Crippen molar-refractivity contribution in [1.82, 2.24) is 0 Å². The van der Waals surface area contributed by atoms with Crippen LogP contribution < -0.4 is 0 Å². The largest absolute Gasteiger partial charge is 4.00 e. The van der Waals surface area contributed by atoms with E-state index in [2.05, 4.69) is 0 Å². The SMILES string of the molecule is CS(=O)(=O)[O-].CS(=O)(=O)[O-].CS(=O)(=O)[O-].CS(=O)(=O)[O-].[Si+4]. The van der Waals surface area contributed by atoms with Crippen LogP contribution in [-0.4, -0.2) is 87.9 Å². The molecule has 0 saturated heterocycles. The average molecular weight is 408 g/mol. The van der Waals surface area contributed by atoms with E-state index < -0.39 is 40.5 Å². The van der Waals surface area contributed by atoms with Crippen molar-refractivity contribution in [3.05, 3.63) is 0 Å². The van der Waals surface area contributed by atoms with Crippen molar-refractivity contribution < 1.29 is 51.9 Å². The summed E-state index contributed by atoms with van der Waals surface area (Å²) in [5.41, 5.74) is 0. The first kappa shape index (κ1) is 32.7. The molecule has 21 heavy (non-hydrogen) atoms. The number of hydrogen-bond acceptors (Lipinski definition) is 12. The molecule has 0 bridgehead atoms. The van der Waals surface area contributed by atoms with E-state index >= 15 is 0 Å². The van der Waals surface area contributed by atoms with Crippen molar-refractivity contribution in [3.63, 3.8) is 0 Å². The van der Waals surface area contributed by atoms with E-state index in [1.165, 1.54) is 0 Å². The molecule has 0 radical (unpaired) electrons. The first-order valence-electron chi connectivity index (χ1n) is 3.63. The molecule has 128 valence electrons. The minimum atomic E-state index is -3.92. The van der Waals surface area contributed by atoms with Crippen molar-refractivity contribution in [2.75, 3.05) is 25.0 Å². The van der Waals surface area contributed by atoms with Crippen molar-refractivity contribution in [2.45, 2.75) is 0 Å². The third-order valence-electron chi connectivity index (χ3n) is 0. The van der Waals surface area contributed by atoms with E-state index in [0.29, 0.717) is 25.0 Å². The van der Waals surface area contributed by atoms with Crippen molar-refractivity contribution in [1.29, 1.82) is 0 Å². The first-order chi connectivity index (χ1) is 8.00. The van der Waals surface area contributed by atoms with Crippen molar-refractivity contribution in [2.24, 2.45) is 0 Å². The fraction of sp³-hybridized carbons (Fsp3) is 1.00. The Balaban J connectivity index is -0.0000000533. The van der Waals surface area contributed by atoms with E-state index in [1.807, 2.05) is 0 Å². The molecule has 0 N–H and O–H groups in total. The van der Waals surface area contributed by atoms with Gasteiger partial charge in [0.15, 0.2) is 0 Å². The Morgan fingerprint density at radius 2 is 0.429 bits per heavy atom. The predicted octanol–water partition coefficient (Wildman–Crippen LogP) is -3.74. The summed E-state index contributed by atoms with van der Waals surface area (Å²) >= 11 is 0. The second-order valence-corrected chi connectivity index (χ2v) is 8.45. The Morgan fingerprint density at radius 1 is 0.429 bits per heavy atom. The Kier molecular flexibility index (Phi) is 19.3. The summed E-state index contributed by atoms with van der Waals surface area (Å²) in [5, 5.41) is 0. The fourth-order valence-electron chi connectivity index (χ4n) is 0. The summed E-state index contributed by atoms with van der Waals surface area (Å²) in [4.78, 5) is 0. The van der Waals surface area contributed by atoms with Crippen LogP contribution in [0.25, 0.3) is 0 Å². The van der Waals surface area contributed by atoms with Crippen LogP contribution in [-0.2, 0) is 40.5 Å². The quantitative estimate of drug-likeness (QED) is 0.278. The van der Waals surface area contributed by atoms with Crippen molar-refractivity contribution in [3.8, 4) is 0 Å². The molecule has 0 amide bonds. The van der Waals surface area contributed by atoms with Gasteiger partial charge in [0.25, 0.3) is 0 Å². The monoisotopic (exact) mass is 408 g/mol. The van der Waals surface area contributed by atoms with Gasteiger partial charge in [0.05, 0.1) is 40.5 Å². The van der Waals surface area contributed by atoms with Gasteiger partial charge in [-0.2, -0.15) is 0 Å². The molecule has 0 unspecified atom stereocenters. The zero-order valence-electron chi connectivity index (χ0n) is 11.0. The van der Waals surface area contributed by atoms with Crippen LogP contribution in [0.1, 0.15) is 0 Å². The molecule has 0 atom stereocenters. The molecule has 0 heterocycles. The maximum atomic E-state index is 9.08. The molecule has 0 spiro atoms. The van der Waals surface area contributed by atoms with Gasteiger partial charge in [-0.3, -0.25) is 0 Å². The molecule has 0 aromatic rings. The number of rotatable bonds is 0. The van der Waals surface area contributed by atoms with Gasteiger partial charge in [-0.1, -0.05) is 0 Å². The summed E-state index contributed by atoms with van der Waals surface area (Å²) in [7, 11) is -15.7. The molecule has 0 saturated carbocycles. The first-order valence-corrected chi connectivity index (χ1v) is 10.9. The van der Waals surface area contributed by atoms with E-state index in [4.69, 9.17) is 51.9 Å². The Labute approximate surface area is 128 Å². The summed E-state index contributed by atoms with van der Waals surface area (Å²) < 4.78 is 109. The molecular formula is C4H12O12S4Si. The Hall–Kier alpha value is -0.143. The summed E-state index contributed by atoms with van der Waals surface area (Å²) in [6, 6.07) is 0. The Morgan fingerprint density at radius 3 is 0.429 bits per heavy atom. The fourth-order valence-corrected chi connectivity index (χ4v) is 0. The Bertz CT molecular complexity index is 486. The third-order valence-corrected chi connectivity index (χ3v) is 0. The van der Waals surface area contributed by atoms with Crippen LogP contribution >= 0.6 is 0 Å². The van der Waals surface area contributed by atoms with Gasteiger partial charge in [-0.25, -0.2) is 33.7 Å². The van der Waals surface area contributed by atoms with Gasteiger partial charge < -0.3 is 18.2 Å². The van der Waals surface area contributed by atoms with Gasteiger partial charge in [0.2, 0.25) is 0 Å². The maximum Gasteiger partial charge on any atom is 4.00 e. The van der Waals surface area contributed by atoms with Gasteiger partial charge in [0, 0.05) is 25.0 Å². The van der Waals surface area contributed by atoms with Crippen LogP contribution in [0.5, 0.6) is 0 Å². The van der Waals surface area contributed by atoms with E-state index in [9.17, 15) is 0 Å². The van der Waals surface area contributed by atoms with Gasteiger partial charge in [0.1, 0.15) is 0 Å². The van der Waals surface area contributed by atoms with Crippen LogP contribution in [0.4, 0.5) is 0 Å². The third kappa shape index (κ3) is 309000. The van der Waals surface area contributed by atoms with Crippen LogP contribution in [0.15, 0.2) is 0 Å². The van der Waals surface area contributed by atoms with E-state index in [-0.39, 0.29) is 11.0 Å². The molecule has 0 aromatic heterocycles. The molecule has 0 aromatic carbocycles. The second-order valence-electron chi connectivity index (χ2n) is 2.82.